The molecule has 1 saturated carbocycles. The lowest BCUT2D eigenvalue weighted by Gasteiger charge is -2.46. The first-order valence-electron chi connectivity index (χ1n) is 7.25. The Morgan fingerprint density at radius 2 is 1.83 bits per heavy atom. The summed E-state index contributed by atoms with van der Waals surface area (Å²) < 4.78 is 6.08. The molecule has 0 bridgehead atoms. The molecule has 0 radical (unpaired) electrons. The number of hydrogen-bond acceptors (Lipinski definition) is 2. The highest BCUT2D eigenvalue weighted by Gasteiger charge is 2.42. The maximum Gasteiger partial charge on any atom is 0.0833 e. The predicted molar refractivity (Wildman–Crippen MR) is 77.3 cm³/mol. The minimum absolute atomic E-state index is 0.0975. The Morgan fingerprint density at radius 3 is 2.33 bits per heavy atom. The summed E-state index contributed by atoms with van der Waals surface area (Å²) in [6, 6.07) is 0.120. The standard InChI is InChI=1S/C16H29NO/c1-5-7-8-9-14(17)16(18-6-2)12-10-15(3,4)11-13-16/h14H,6,8-13,17H2,1-4H3. The summed E-state index contributed by atoms with van der Waals surface area (Å²) in [4.78, 5) is 0. The molecule has 0 saturated heterocycles. The van der Waals surface area contributed by atoms with Gasteiger partial charge >= 0.3 is 0 Å². The summed E-state index contributed by atoms with van der Waals surface area (Å²) >= 11 is 0. The highest BCUT2D eigenvalue weighted by Crippen LogP contribution is 2.43. The summed E-state index contributed by atoms with van der Waals surface area (Å²) in [7, 11) is 0. The van der Waals surface area contributed by atoms with E-state index in [1.165, 1.54) is 12.8 Å². The lowest BCUT2D eigenvalue weighted by Crippen LogP contribution is -2.53. The Bertz CT molecular complexity index is 301. The molecule has 1 aliphatic rings. The lowest BCUT2D eigenvalue weighted by molar-refractivity contribution is -0.0999. The van der Waals surface area contributed by atoms with Gasteiger partial charge in [0.1, 0.15) is 0 Å². The molecule has 0 aliphatic heterocycles. The molecule has 0 aromatic heterocycles. The van der Waals surface area contributed by atoms with Gasteiger partial charge in [0.25, 0.3) is 0 Å². The van der Waals surface area contributed by atoms with Crippen molar-refractivity contribution in [3.63, 3.8) is 0 Å². The third-order valence-electron chi connectivity index (χ3n) is 4.31. The molecule has 0 amide bonds. The van der Waals surface area contributed by atoms with E-state index in [4.69, 9.17) is 10.5 Å². The number of ether oxygens (including phenoxy) is 1. The van der Waals surface area contributed by atoms with Gasteiger partial charge in [0.05, 0.1) is 5.60 Å². The summed E-state index contributed by atoms with van der Waals surface area (Å²) in [6.07, 6.45) is 6.43. The van der Waals surface area contributed by atoms with Crippen LogP contribution in [0.4, 0.5) is 0 Å². The van der Waals surface area contributed by atoms with Crippen LogP contribution in [0.5, 0.6) is 0 Å². The van der Waals surface area contributed by atoms with Crippen LogP contribution in [-0.4, -0.2) is 18.2 Å². The summed E-state index contributed by atoms with van der Waals surface area (Å²) in [6.45, 7) is 9.40. The van der Waals surface area contributed by atoms with Crippen molar-refractivity contribution in [1.29, 1.82) is 0 Å². The molecule has 2 heteroatoms. The Labute approximate surface area is 113 Å². The average Bonchev–Trinajstić information content (AvgIpc) is 2.33. The zero-order chi connectivity index (χ0) is 13.6. The molecule has 0 aromatic carbocycles. The molecule has 1 aliphatic carbocycles. The second kappa shape index (κ2) is 6.59. The third-order valence-corrected chi connectivity index (χ3v) is 4.31. The second-order valence-electron chi connectivity index (χ2n) is 6.23. The van der Waals surface area contributed by atoms with E-state index in [9.17, 15) is 0 Å². The van der Waals surface area contributed by atoms with Gasteiger partial charge in [0, 0.05) is 19.1 Å². The highest BCUT2D eigenvalue weighted by molar-refractivity contribution is 5.01. The van der Waals surface area contributed by atoms with Crippen LogP contribution >= 0.6 is 0 Å². The summed E-state index contributed by atoms with van der Waals surface area (Å²) in [5.41, 5.74) is 6.76. The van der Waals surface area contributed by atoms with Gasteiger partial charge in [0.2, 0.25) is 0 Å². The van der Waals surface area contributed by atoms with Crippen LogP contribution in [0.15, 0.2) is 0 Å². The topological polar surface area (TPSA) is 35.2 Å². The maximum absolute atomic E-state index is 6.41. The molecule has 2 N–H and O–H groups in total. The van der Waals surface area contributed by atoms with E-state index >= 15 is 0 Å². The zero-order valence-corrected chi connectivity index (χ0v) is 12.5. The smallest absolute Gasteiger partial charge is 0.0833 e. The molecular weight excluding hydrogens is 222 g/mol. The fourth-order valence-electron chi connectivity index (χ4n) is 2.88. The van der Waals surface area contributed by atoms with Gasteiger partial charge in [-0.05, 0) is 51.4 Å². The molecule has 1 rings (SSSR count). The molecule has 0 heterocycles. The van der Waals surface area contributed by atoms with Gasteiger partial charge in [0.15, 0.2) is 0 Å². The van der Waals surface area contributed by atoms with E-state index in [0.717, 1.165) is 32.3 Å². The molecule has 0 aromatic rings. The van der Waals surface area contributed by atoms with Crippen molar-refractivity contribution in [3.05, 3.63) is 0 Å². The van der Waals surface area contributed by atoms with Gasteiger partial charge in [-0.2, -0.15) is 0 Å². The molecule has 18 heavy (non-hydrogen) atoms. The monoisotopic (exact) mass is 251 g/mol. The molecule has 1 atom stereocenters. The summed E-state index contributed by atoms with van der Waals surface area (Å²) in [5, 5.41) is 0. The SMILES string of the molecule is CC#CCCC(N)C1(OCC)CCC(C)(C)CC1. The minimum Gasteiger partial charge on any atom is -0.374 e. The maximum atomic E-state index is 6.41. The van der Waals surface area contributed by atoms with Gasteiger partial charge in [-0.25, -0.2) is 0 Å². The minimum atomic E-state index is -0.0975. The van der Waals surface area contributed by atoms with E-state index in [0.29, 0.717) is 5.41 Å². The van der Waals surface area contributed by atoms with Gasteiger partial charge in [-0.15, -0.1) is 11.8 Å². The normalized spacial score (nSPS) is 22.9. The van der Waals surface area contributed by atoms with E-state index in [1.807, 2.05) is 6.92 Å². The van der Waals surface area contributed by atoms with Crippen LogP contribution in [0, 0.1) is 17.3 Å². The predicted octanol–water partition coefficient (Wildman–Crippen LogP) is 3.49. The van der Waals surface area contributed by atoms with E-state index in [1.54, 1.807) is 0 Å². The van der Waals surface area contributed by atoms with E-state index in [-0.39, 0.29) is 11.6 Å². The molecular formula is C16H29NO. The molecule has 104 valence electrons. The van der Waals surface area contributed by atoms with Crippen LogP contribution in [0.25, 0.3) is 0 Å². The first-order chi connectivity index (χ1) is 8.46. The van der Waals surface area contributed by atoms with Crippen LogP contribution in [-0.2, 0) is 4.74 Å². The molecule has 1 fully saturated rings. The van der Waals surface area contributed by atoms with Crippen LogP contribution in [0.2, 0.25) is 0 Å². The van der Waals surface area contributed by atoms with E-state index < -0.39 is 0 Å². The van der Waals surface area contributed by atoms with Crippen LogP contribution < -0.4 is 5.73 Å². The lowest BCUT2D eigenvalue weighted by atomic mass is 9.68. The fourth-order valence-corrected chi connectivity index (χ4v) is 2.88. The molecule has 0 spiro atoms. The number of nitrogens with two attached hydrogens (primary N) is 1. The van der Waals surface area contributed by atoms with Crippen molar-refractivity contribution >= 4 is 0 Å². The molecule has 2 nitrogen and oxygen atoms in total. The third kappa shape index (κ3) is 4.00. The molecule has 1 unspecified atom stereocenters. The Balaban J connectivity index is 2.65. The Kier molecular flexibility index (Phi) is 5.69. The van der Waals surface area contributed by atoms with Crippen molar-refractivity contribution in [3.8, 4) is 11.8 Å². The first-order valence-corrected chi connectivity index (χ1v) is 7.25. The highest BCUT2D eigenvalue weighted by atomic mass is 16.5. The Hall–Kier alpha value is -0.520. The van der Waals surface area contributed by atoms with Gasteiger partial charge in [-0.3, -0.25) is 0 Å². The fraction of sp³-hybridized carbons (Fsp3) is 0.875. The van der Waals surface area contributed by atoms with Crippen LogP contribution in [0.1, 0.15) is 66.2 Å². The second-order valence-corrected chi connectivity index (χ2v) is 6.23. The van der Waals surface area contributed by atoms with E-state index in [2.05, 4.69) is 32.6 Å². The first kappa shape index (κ1) is 15.5. The van der Waals surface area contributed by atoms with Crippen molar-refractivity contribution in [2.75, 3.05) is 6.61 Å². The van der Waals surface area contributed by atoms with Crippen LogP contribution in [0.3, 0.4) is 0 Å². The average molecular weight is 251 g/mol. The van der Waals surface area contributed by atoms with Crippen molar-refractivity contribution in [1.82, 2.24) is 0 Å². The van der Waals surface area contributed by atoms with Gasteiger partial charge in [-0.1, -0.05) is 13.8 Å². The van der Waals surface area contributed by atoms with Crippen molar-refractivity contribution in [2.24, 2.45) is 11.1 Å². The van der Waals surface area contributed by atoms with Gasteiger partial charge < -0.3 is 10.5 Å². The Morgan fingerprint density at radius 1 is 1.22 bits per heavy atom. The van der Waals surface area contributed by atoms with Crippen molar-refractivity contribution in [2.45, 2.75) is 77.9 Å². The number of rotatable bonds is 5. The zero-order valence-electron chi connectivity index (χ0n) is 12.5. The number of hydrogen-bond donors (Lipinski definition) is 1. The largest absolute Gasteiger partial charge is 0.374 e. The summed E-state index contributed by atoms with van der Waals surface area (Å²) in [5.74, 6) is 6.05. The van der Waals surface area contributed by atoms with Crippen molar-refractivity contribution < 1.29 is 4.74 Å². The quantitative estimate of drug-likeness (QED) is 0.759.